The van der Waals surface area contributed by atoms with Gasteiger partial charge in [-0.05, 0) is 64.6 Å². The van der Waals surface area contributed by atoms with E-state index in [1.165, 1.54) is 12.8 Å². The molecule has 0 aromatic carbocycles. The highest BCUT2D eigenvalue weighted by molar-refractivity contribution is 5.95. The Morgan fingerprint density at radius 1 is 1.05 bits per heavy atom. The summed E-state index contributed by atoms with van der Waals surface area (Å²) in [5.41, 5.74) is 0. The Morgan fingerprint density at radius 2 is 1.81 bits per heavy atom. The molecule has 0 aliphatic carbocycles. The summed E-state index contributed by atoms with van der Waals surface area (Å²) in [4.78, 5) is 30.8. The lowest BCUT2D eigenvalue weighted by atomic mass is 9.93. The maximum atomic E-state index is 12.6. The van der Waals surface area contributed by atoms with Crippen molar-refractivity contribution in [3.05, 3.63) is 0 Å². The summed E-state index contributed by atoms with van der Waals surface area (Å²) in [7, 11) is 2.17. The Labute approximate surface area is 127 Å². The molecule has 0 spiro atoms. The third-order valence-corrected chi connectivity index (χ3v) is 5.39. The van der Waals surface area contributed by atoms with E-state index in [1.54, 1.807) is 0 Å². The molecule has 2 amide bonds. The van der Waals surface area contributed by atoms with Gasteiger partial charge >= 0.3 is 0 Å². The zero-order valence-corrected chi connectivity index (χ0v) is 13.1. The average molecular weight is 293 g/mol. The highest BCUT2D eigenvalue weighted by atomic mass is 16.2. The van der Waals surface area contributed by atoms with Gasteiger partial charge in [-0.2, -0.15) is 0 Å². The van der Waals surface area contributed by atoms with E-state index >= 15 is 0 Å². The van der Waals surface area contributed by atoms with Gasteiger partial charge in [0.1, 0.15) is 6.04 Å². The number of fused-ring (bicyclic) bond motifs is 1. The maximum absolute atomic E-state index is 12.6. The minimum absolute atomic E-state index is 0.155. The molecule has 1 unspecified atom stereocenters. The molecule has 3 aliphatic rings. The molecule has 21 heavy (non-hydrogen) atoms. The van der Waals surface area contributed by atoms with E-state index in [0.29, 0.717) is 12.5 Å². The van der Waals surface area contributed by atoms with Gasteiger partial charge in [0.25, 0.3) is 0 Å². The molecule has 0 bridgehead atoms. The number of rotatable bonds is 3. The molecule has 5 nitrogen and oxygen atoms in total. The molecule has 3 saturated heterocycles. The summed E-state index contributed by atoms with van der Waals surface area (Å²) in [6.45, 7) is 4.17. The van der Waals surface area contributed by atoms with E-state index in [9.17, 15) is 9.59 Å². The van der Waals surface area contributed by atoms with E-state index in [0.717, 1.165) is 51.9 Å². The van der Waals surface area contributed by atoms with Crippen molar-refractivity contribution in [1.29, 1.82) is 0 Å². The molecule has 5 heteroatoms. The number of piperidine rings is 2. The molecule has 0 aromatic heterocycles. The largest absolute Gasteiger partial charge is 0.332 e. The Morgan fingerprint density at radius 3 is 2.57 bits per heavy atom. The second kappa shape index (κ2) is 6.34. The van der Waals surface area contributed by atoms with Gasteiger partial charge in [-0.3, -0.25) is 9.59 Å². The number of hydrogen-bond donors (Lipinski definition) is 0. The van der Waals surface area contributed by atoms with Gasteiger partial charge in [0, 0.05) is 13.1 Å². The molecule has 3 fully saturated rings. The zero-order valence-electron chi connectivity index (χ0n) is 13.1. The number of piperazine rings is 1. The Hall–Kier alpha value is -1.10. The summed E-state index contributed by atoms with van der Waals surface area (Å²) in [6.07, 6.45) is 6.48. The van der Waals surface area contributed by atoms with Crippen LogP contribution in [0.4, 0.5) is 0 Å². The van der Waals surface area contributed by atoms with Crippen molar-refractivity contribution in [2.75, 3.05) is 39.8 Å². The van der Waals surface area contributed by atoms with Crippen LogP contribution in [0.25, 0.3) is 0 Å². The lowest BCUT2D eigenvalue weighted by Crippen LogP contribution is -2.61. The standard InChI is InChI=1S/C16H27N3O2/c1-17-9-5-13(6-10-17)7-11-18-12-15(20)19-8-3-2-4-14(19)16(18)21/h13-14H,2-12H2,1H3. The van der Waals surface area contributed by atoms with Gasteiger partial charge in [0.2, 0.25) is 11.8 Å². The van der Waals surface area contributed by atoms with Crippen LogP contribution in [0, 0.1) is 5.92 Å². The number of likely N-dealkylation sites (tertiary alicyclic amines) is 1. The van der Waals surface area contributed by atoms with Gasteiger partial charge in [0.05, 0.1) is 6.54 Å². The molecule has 3 aliphatic heterocycles. The van der Waals surface area contributed by atoms with Crippen LogP contribution in [0.3, 0.4) is 0 Å². The zero-order chi connectivity index (χ0) is 14.8. The van der Waals surface area contributed by atoms with E-state index < -0.39 is 0 Å². The Bertz CT molecular complexity index is 404. The fourth-order valence-electron chi connectivity index (χ4n) is 3.91. The van der Waals surface area contributed by atoms with Crippen LogP contribution >= 0.6 is 0 Å². The first kappa shape index (κ1) is 14.8. The predicted octanol–water partition coefficient (Wildman–Crippen LogP) is 0.942. The summed E-state index contributed by atoms with van der Waals surface area (Å²) in [5.74, 6) is 1.07. The van der Waals surface area contributed by atoms with Crippen LogP contribution in [0.1, 0.15) is 38.5 Å². The summed E-state index contributed by atoms with van der Waals surface area (Å²) in [5, 5.41) is 0. The fourth-order valence-corrected chi connectivity index (χ4v) is 3.91. The summed E-state index contributed by atoms with van der Waals surface area (Å²) in [6, 6.07) is -0.155. The lowest BCUT2D eigenvalue weighted by molar-refractivity contribution is -0.157. The fraction of sp³-hybridized carbons (Fsp3) is 0.875. The quantitative estimate of drug-likeness (QED) is 0.778. The molecule has 118 valence electrons. The van der Waals surface area contributed by atoms with Gasteiger partial charge < -0.3 is 14.7 Å². The molecule has 1 atom stereocenters. The Kier molecular flexibility index (Phi) is 4.48. The van der Waals surface area contributed by atoms with Gasteiger partial charge in [-0.15, -0.1) is 0 Å². The van der Waals surface area contributed by atoms with Gasteiger partial charge in [0.15, 0.2) is 0 Å². The first-order chi connectivity index (χ1) is 10.1. The third-order valence-electron chi connectivity index (χ3n) is 5.39. The van der Waals surface area contributed by atoms with Crippen molar-refractivity contribution in [1.82, 2.24) is 14.7 Å². The number of amides is 2. The van der Waals surface area contributed by atoms with E-state index in [2.05, 4.69) is 11.9 Å². The van der Waals surface area contributed by atoms with Crippen molar-refractivity contribution in [3.8, 4) is 0 Å². The topological polar surface area (TPSA) is 43.9 Å². The Balaban J connectivity index is 1.53. The molecule has 0 saturated carbocycles. The van der Waals surface area contributed by atoms with Crippen LogP contribution in [-0.2, 0) is 9.59 Å². The minimum atomic E-state index is -0.155. The van der Waals surface area contributed by atoms with Crippen LogP contribution in [0.15, 0.2) is 0 Å². The average Bonchev–Trinajstić information content (AvgIpc) is 2.51. The van der Waals surface area contributed by atoms with Gasteiger partial charge in [-0.1, -0.05) is 0 Å². The molecule has 3 rings (SSSR count). The lowest BCUT2D eigenvalue weighted by Gasteiger charge is -2.43. The van der Waals surface area contributed by atoms with Crippen molar-refractivity contribution in [3.63, 3.8) is 0 Å². The van der Waals surface area contributed by atoms with Crippen molar-refractivity contribution >= 4 is 11.8 Å². The smallest absolute Gasteiger partial charge is 0.245 e. The third kappa shape index (κ3) is 3.23. The maximum Gasteiger partial charge on any atom is 0.245 e. The molecule has 0 radical (unpaired) electrons. The second-order valence-corrected chi connectivity index (χ2v) is 6.89. The molecule has 0 aromatic rings. The molecular weight excluding hydrogens is 266 g/mol. The number of carbonyl (C=O) groups excluding carboxylic acids is 2. The van der Waals surface area contributed by atoms with Gasteiger partial charge in [-0.25, -0.2) is 0 Å². The first-order valence-electron chi connectivity index (χ1n) is 8.42. The normalized spacial score (nSPS) is 28.9. The van der Waals surface area contributed by atoms with Crippen LogP contribution in [0.2, 0.25) is 0 Å². The van der Waals surface area contributed by atoms with Crippen LogP contribution in [0.5, 0.6) is 0 Å². The number of nitrogens with zero attached hydrogens (tertiary/aromatic N) is 3. The highest BCUT2D eigenvalue weighted by Crippen LogP contribution is 2.25. The number of carbonyl (C=O) groups is 2. The van der Waals surface area contributed by atoms with E-state index in [1.807, 2.05) is 9.80 Å². The van der Waals surface area contributed by atoms with Crippen molar-refractivity contribution in [2.45, 2.75) is 44.6 Å². The van der Waals surface area contributed by atoms with E-state index in [-0.39, 0.29) is 17.9 Å². The van der Waals surface area contributed by atoms with Crippen LogP contribution in [-0.4, -0.2) is 72.3 Å². The van der Waals surface area contributed by atoms with Crippen molar-refractivity contribution < 1.29 is 9.59 Å². The number of hydrogen-bond acceptors (Lipinski definition) is 3. The summed E-state index contributed by atoms with van der Waals surface area (Å²) >= 11 is 0. The molecule has 0 N–H and O–H groups in total. The molecular formula is C16H27N3O2. The SMILES string of the molecule is CN1CCC(CCN2CC(=O)N3CCCCC3C2=O)CC1. The minimum Gasteiger partial charge on any atom is -0.332 e. The monoisotopic (exact) mass is 293 g/mol. The van der Waals surface area contributed by atoms with E-state index in [4.69, 9.17) is 0 Å². The molecule has 3 heterocycles. The summed E-state index contributed by atoms with van der Waals surface area (Å²) < 4.78 is 0. The first-order valence-corrected chi connectivity index (χ1v) is 8.42. The highest BCUT2D eigenvalue weighted by Gasteiger charge is 2.40. The van der Waals surface area contributed by atoms with Crippen LogP contribution < -0.4 is 0 Å². The second-order valence-electron chi connectivity index (χ2n) is 6.89. The van der Waals surface area contributed by atoms with Crippen molar-refractivity contribution in [2.24, 2.45) is 5.92 Å². The predicted molar refractivity (Wildman–Crippen MR) is 80.8 cm³/mol.